The zero-order valence-corrected chi connectivity index (χ0v) is 16.7. The van der Waals surface area contributed by atoms with E-state index in [1.54, 1.807) is 0 Å². The Morgan fingerprint density at radius 3 is 2.45 bits per heavy atom. The van der Waals surface area contributed by atoms with Crippen molar-refractivity contribution in [2.45, 2.75) is 38.5 Å². The standard InChI is InChI=1S/C23H21F2N3O3/c24-18-7-6-17(20(25)12-18)14-27(19-8-9-19)22(30)15-28-21(29)10-11-26(23(28)31)13-16-4-2-1-3-5-16/h1-7,10-12,19H,8-9,13-15H2. The Labute approximate surface area is 177 Å². The summed E-state index contributed by atoms with van der Waals surface area (Å²) in [7, 11) is 0. The molecule has 1 aliphatic carbocycles. The van der Waals surface area contributed by atoms with Crippen molar-refractivity contribution in [3.63, 3.8) is 0 Å². The van der Waals surface area contributed by atoms with Crippen LogP contribution >= 0.6 is 0 Å². The SMILES string of the molecule is O=C(Cn1c(=O)ccn(Cc2ccccc2)c1=O)N(Cc1ccc(F)cc1F)C1CC1. The molecule has 6 nitrogen and oxygen atoms in total. The summed E-state index contributed by atoms with van der Waals surface area (Å²) >= 11 is 0. The Bertz CT molecular complexity index is 1220. The van der Waals surface area contributed by atoms with E-state index in [4.69, 9.17) is 0 Å². The normalized spacial score (nSPS) is 13.2. The van der Waals surface area contributed by atoms with Gasteiger partial charge in [0.15, 0.2) is 0 Å². The largest absolute Gasteiger partial charge is 0.334 e. The molecule has 8 heteroatoms. The van der Waals surface area contributed by atoms with Crippen molar-refractivity contribution >= 4 is 5.91 Å². The van der Waals surface area contributed by atoms with Crippen molar-refractivity contribution in [3.8, 4) is 0 Å². The highest BCUT2D eigenvalue weighted by molar-refractivity contribution is 5.76. The molecule has 1 heterocycles. The number of benzene rings is 2. The van der Waals surface area contributed by atoms with Gasteiger partial charge in [-0.2, -0.15) is 0 Å². The Morgan fingerprint density at radius 1 is 1.03 bits per heavy atom. The summed E-state index contributed by atoms with van der Waals surface area (Å²) in [6, 6.07) is 13.7. The van der Waals surface area contributed by atoms with E-state index in [0.29, 0.717) is 0 Å². The summed E-state index contributed by atoms with van der Waals surface area (Å²) in [4.78, 5) is 39.6. The van der Waals surface area contributed by atoms with E-state index in [9.17, 15) is 23.2 Å². The van der Waals surface area contributed by atoms with E-state index in [1.165, 1.54) is 27.8 Å². The third-order valence-electron chi connectivity index (χ3n) is 5.29. The molecule has 0 atom stereocenters. The third kappa shape index (κ3) is 4.79. The molecule has 1 saturated carbocycles. The molecule has 0 N–H and O–H groups in total. The summed E-state index contributed by atoms with van der Waals surface area (Å²) in [5.74, 6) is -1.89. The van der Waals surface area contributed by atoms with Crippen LogP contribution in [0, 0.1) is 11.6 Å². The molecule has 160 valence electrons. The molecular weight excluding hydrogens is 404 g/mol. The third-order valence-corrected chi connectivity index (χ3v) is 5.29. The number of halogens is 2. The lowest BCUT2D eigenvalue weighted by Crippen LogP contribution is -2.44. The zero-order chi connectivity index (χ0) is 22.0. The van der Waals surface area contributed by atoms with Crippen LogP contribution in [0.15, 0.2) is 70.4 Å². The highest BCUT2D eigenvalue weighted by atomic mass is 19.1. The van der Waals surface area contributed by atoms with Gasteiger partial charge in [0.05, 0.1) is 6.54 Å². The lowest BCUT2D eigenvalue weighted by atomic mass is 10.2. The van der Waals surface area contributed by atoms with Gasteiger partial charge in [-0.15, -0.1) is 0 Å². The first kappa shape index (κ1) is 20.7. The summed E-state index contributed by atoms with van der Waals surface area (Å²) in [6.07, 6.45) is 2.93. The second-order valence-corrected chi connectivity index (χ2v) is 7.62. The number of carbonyl (C=O) groups excluding carboxylic acids is 1. The first-order valence-electron chi connectivity index (χ1n) is 10.00. The average Bonchev–Trinajstić information content (AvgIpc) is 3.58. The number of aromatic nitrogens is 2. The van der Waals surface area contributed by atoms with Crippen molar-refractivity contribution in [3.05, 3.63) is 104 Å². The first-order valence-corrected chi connectivity index (χ1v) is 10.00. The van der Waals surface area contributed by atoms with Gasteiger partial charge in [0.2, 0.25) is 5.91 Å². The van der Waals surface area contributed by atoms with Gasteiger partial charge in [0, 0.05) is 36.5 Å². The minimum atomic E-state index is -0.736. The summed E-state index contributed by atoms with van der Waals surface area (Å²) < 4.78 is 29.5. The highest BCUT2D eigenvalue weighted by Gasteiger charge is 2.33. The monoisotopic (exact) mass is 425 g/mol. The van der Waals surface area contributed by atoms with Crippen molar-refractivity contribution in [2.24, 2.45) is 0 Å². The first-order chi connectivity index (χ1) is 14.9. The summed E-state index contributed by atoms with van der Waals surface area (Å²) in [5.41, 5.74) is -0.101. The number of hydrogen-bond acceptors (Lipinski definition) is 3. The zero-order valence-electron chi connectivity index (χ0n) is 16.7. The maximum absolute atomic E-state index is 14.1. The van der Waals surface area contributed by atoms with Gasteiger partial charge in [0.25, 0.3) is 5.56 Å². The van der Waals surface area contributed by atoms with Crippen LogP contribution in [-0.2, 0) is 24.4 Å². The van der Waals surface area contributed by atoms with Gasteiger partial charge in [-0.3, -0.25) is 18.7 Å². The van der Waals surface area contributed by atoms with Gasteiger partial charge in [-0.05, 0) is 24.5 Å². The predicted octanol–water partition coefficient (Wildman–Crippen LogP) is 2.53. The molecule has 1 aliphatic rings. The van der Waals surface area contributed by atoms with E-state index in [-0.39, 0.29) is 24.7 Å². The molecule has 1 amide bonds. The second kappa shape index (κ2) is 8.67. The minimum absolute atomic E-state index is 0.0462. The number of hydrogen-bond donors (Lipinski definition) is 0. The molecular formula is C23H21F2N3O3. The van der Waals surface area contributed by atoms with E-state index >= 15 is 0 Å². The molecule has 0 radical (unpaired) electrons. The second-order valence-electron chi connectivity index (χ2n) is 7.62. The predicted molar refractivity (Wildman–Crippen MR) is 110 cm³/mol. The van der Waals surface area contributed by atoms with Crippen LogP contribution in [0.2, 0.25) is 0 Å². The van der Waals surface area contributed by atoms with E-state index in [2.05, 4.69) is 0 Å². The van der Waals surface area contributed by atoms with Gasteiger partial charge >= 0.3 is 5.69 Å². The fourth-order valence-corrected chi connectivity index (χ4v) is 3.47. The maximum atomic E-state index is 14.1. The minimum Gasteiger partial charge on any atom is -0.334 e. The number of amides is 1. The summed E-state index contributed by atoms with van der Waals surface area (Å²) in [5, 5.41) is 0. The number of rotatable bonds is 7. The quantitative estimate of drug-likeness (QED) is 0.585. The molecule has 1 fully saturated rings. The molecule has 4 rings (SSSR count). The smallest absolute Gasteiger partial charge is 0.331 e. The summed E-state index contributed by atoms with van der Waals surface area (Å²) in [6.45, 7) is -0.219. The van der Waals surface area contributed by atoms with Crippen LogP contribution in [0.5, 0.6) is 0 Å². The molecule has 1 aromatic heterocycles. The Morgan fingerprint density at radius 2 is 1.77 bits per heavy atom. The van der Waals surface area contributed by atoms with Crippen LogP contribution in [0.4, 0.5) is 8.78 Å². The maximum Gasteiger partial charge on any atom is 0.331 e. The Kier molecular flexibility index (Phi) is 5.79. The van der Waals surface area contributed by atoms with Gasteiger partial charge < -0.3 is 4.90 Å². The average molecular weight is 425 g/mol. The van der Waals surface area contributed by atoms with Crippen LogP contribution in [0.25, 0.3) is 0 Å². The molecule has 0 unspecified atom stereocenters. The van der Waals surface area contributed by atoms with Crippen molar-refractivity contribution in [1.29, 1.82) is 0 Å². The van der Waals surface area contributed by atoms with E-state index in [0.717, 1.165) is 35.1 Å². The molecule has 2 aromatic carbocycles. The highest BCUT2D eigenvalue weighted by Crippen LogP contribution is 2.29. The molecule has 0 spiro atoms. The number of nitrogens with zero attached hydrogens (tertiary/aromatic N) is 3. The van der Waals surface area contributed by atoms with E-state index < -0.39 is 35.3 Å². The Balaban J connectivity index is 1.57. The van der Waals surface area contributed by atoms with E-state index in [1.807, 2.05) is 30.3 Å². The topological polar surface area (TPSA) is 64.3 Å². The van der Waals surface area contributed by atoms with Crippen LogP contribution in [-0.4, -0.2) is 26.0 Å². The molecule has 0 aliphatic heterocycles. The lowest BCUT2D eigenvalue weighted by molar-refractivity contribution is -0.133. The Hall–Kier alpha value is -3.55. The van der Waals surface area contributed by atoms with Crippen molar-refractivity contribution in [2.75, 3.05) is 0 Å². The van der Waals surface area contributed by atoms with Crippen LogP contribution in [0.1, 0.15) is 24.0 Å². The van der Waals surface area contributed by atoms with Gasteiger partial charge in [0.1, 0.15) is 18.2 Å². The van der Waals surface area contributed by atoms with Gasteiger partial charge in [-0.1, -0.05) is 36.4 Å². The molecule has 0 bridgehead atoms. The van der Waals surface area contributed by atoms with Gasteiger partial charge in [-0.25, -0.2) is 13.6 Å². The van der Waals surface area contributed by atoms with Crippen molar-refractivity contribution in [1.82, 2.24) is 14.0 Å². The molecule has 3 aromatic rings. The lowest BCUT2D eigenvalue weighted by Gasteiger charge is -2.23. The van der Waals surface area contributed by atoms with Crippen molar-refractivity contribution < 1.29 is 13.6 Å². The molecule has 31 heavy (non-hydrogen) atoms. The fraction of sp³-hybridized carbons (Fsp3) is 0.261. The van der Waals surface area contributed by atoms with Crippen LogP contribution < -0.4 is 11.2 Å². The van der Waals surface area contributed by atoms with Crippen LogP contribution in [0.3, 0.4) is 0 Å². The number of carbonyl (C=O) groups is 1. The fourth-order valence-electron chi connectivity index (χ4n) is 3.47. The molecule has 0 saturated heterocycles.